The fraction of sp³-hybridized carbons (Fsp3) is 0.474. The number of oxazole rings is 1. The average molecular weight is 356 g/mol. The normalized spacial score (nSPS) is 15.0. The molecule has 0 atom stereocenters. The summed E-state index contributed by atoms with van der Waals surface area (Å²) in [5, 5.41) is 0. The highest BCUT2D eigenvalue weighted by molar-refractivity contribution is 5.95. The lowest BCUT2D eigenvalue weighted by Crippen LogP contribution is -2.37. The Labute approximate surface area is 153 Å². The molecular weight excluding hydrogens is 332 g/mol. The summed E-state index contributed by atoms with van der Waals surface area (Å²) >= 11 is 0. The van der Waals surface area contributed by atoms with Crippen LogP contribution < -0.4 is 0 Å². The zero-order valence-electron chi connectivity index (χ0n) is 15.5. The Bertz CT molecular complexity index is 795. The molecule has 2 aromatic rings. The molecule has 3 heterocycles. The van der Waals surface area contributed by atoms with Crippen LogP contribution in [0.25, 0.3) is 0 Å². The molecule has 0 radical (unpaired) electrons. The SMILES string of the molecule is CCc1ocnc1C(=O)N1CCCN(C(=O)c2cc(C)nc(C)c2)CC1. The molecule has 0 aliphatic carbocycles. The standard InChI is InChI=1S/C19H24N4O3/c1-4-16-17(20-12-26-16)19(25)23-7-5-6-22(8-9-23)18(24)15-10-13(2)21-14(3)11-15/h10-12H,4-9H2,1-3H3. The van der Waals surface area contributed by atoms with E-state index in [1.54, 1.807) is 4.90 Å². The summed E-state index contributed by atoms with van der Waals surface area (Å²) in [6, 6.07) is 3.62. The van der Waals surface area contributed by atoms with Gasteiger partial charge in [-0.2, -0.15) is 0 Å². The Kier molecular flexibility index (Phi) is 5.35. The van der Waals surface area contributed by atoms with Crippen molar-refractivity contribution < 1.29 is 14.0 Å². The lowest BCUT2D eigenvalue weighted by molar-refractivity contribution is 0.0714. The minimum Gasteiger partial charge on any atom is -0.448 e. The Morgan fingerprint density at radius 1 is 1.04 bits per heavy atom. The van der Waals surface area contributed by atoms with Gasteiger partial charge in [-0.1, -0.05) is 6.92 Å². The first kappa shape index (κ1) is 18.1. The summed E-state index contributed by atoms with van der Waals surface area (Å²) in [5.41, 5.74) is 2.70. The number of aryl methyl sites for hydroxylation is 3. The summed E-state index contributed by atoms with van der Waals surface area (Å²) in [7, 11) is 0. The third kappa shape index (κ3) is 3.76. The minimum absolute atomic E-state index is 0.0106. The maximum absolute atomic E-state index is 12.8. The largest absolute Gasteiger partial charge is 0.448 e. The lowest BCUT2D eigenvalue weighted by Gasteiger charge is -2.22. The van der Waals surface area contributed by atoms with E-state index in [0.717, 1.165) is 17.8 Å². The van der Waals surface area contributed by atoms with E-state index in [1.807, 2.05) is 37.8 Å². The molecule has 138 valence electrons. The van der Waals surface area contributed by atoms with Gasteiger partial charge >= 0.3 is 0 Å². The highest BCUT2D eigenvalue weighted by Crippen LogP contribution is 2.15. The number of carbonyl (C=O) groups excluding carboxylic acids is 2. The van der Waals surface area contributed by atoms with Crippen LogP contribution in [0.15, 0.2) is 22.9 Å². The van der Waals surface area contributed by atoms with E-state index in [0.29, 0.717) is 49.6 Å². The van der Waals surface area contributed by atoms with Crippen molar-refractivity contribution in [3.8, 4) is 0 Å². The van der Waals surface area contributed by atoms with Gasteiger partial charge < -0.3 is 14.2 Å². The number of hydrogen-bond donors (Lipinski definition) is 0. The van der Waals surface area contributed by atoms with E-state index >= 15 is 0 Å². The number of pyridine rings is 1. The Morgan fingerprint density at radius 2 is 1.65 bits per heavy atom. The molecule has 0 unspecified atom stereocenters. The van der Waals surface area contributed by atoms with E-state index in [9.17, 15) is 9.59 Å². The van der Waals surface area contributed by atoms with Crippen molar-refractivity contribution in [2.24, 2.45) is 0 Å². The molecule has 26 heavy (non-hydrogen) atoms. The fourth-order valence-electron chi connectivity index (χ4n) is 3.31. The molecule has 1 fully saturated rings. The zero-order chi connectivity index (χ0) is 18.7. The summed E-state index contributed by atoms with van der Waals surface area (Å²) < 4.78 is 5.27. The van der Waals surface area contributed by atoms with Gasteiger partial charge in [-0.05, 0) is 32.4 Å². The molecule has 7 nitrogen and oxygen atoms in total. The highest BCUT2D eigenvalue weighted by Gasteiger charge is 2.26. The third-order valence-corrected chi connectivity index (χ3v) is 4.56. The van der Waals surface area contributed by atoms with Crippen LogP contribution in [0.3, 0.4) is 0 Å². The molecule has 0 saturated carbocycles. The Morgan fingerprint density at radius 3 is 2.27 bits per heavy atom. The number of carbonyl (C=O) groups is 2. The monoisotopic (exact) mass is 356 g/mol. The van der Waals surface area contributed by atoms with Crippen LogP contribution in [-0.4, -0.2) is 57.8 Å². The van der Waals surface area contributed by atoms with Crippen molar-refractivity contribution in [2.45, 2.75) is 33.6 Å². The smallest absolute Gasteiger partial charge is 0.276 e. The fourth-order valence-corrected chi connectivity index (χ4v) is 3.31. The predicted octanol–water partition coefficient (Wildman–Crippen LogP) is 2.24. The van der Waals surface area contributed by atoms with Gasteiger partial charge in [0.1, 0.15) is 5.76 Å². The molecule has 1 aliphatic heterocycles. The minimum atomic E-state index is -0.125. The maximum atomic E-state index is 12.8. The Balaban J connectivity index is 1.70. The first-order chi connectivity index (χ1) is 12.5. The first-order valence-corrected chi connectivity index (χ1v) is 8.95. The second kappa shape index (κ2) is 7.68. The summed E-state index contributed by atoms with van der Waals surface area (Å²) in [6.07, 6.45) is 2.67. The number of hydrogen-bond acceptors (Lipinski definition) is 5. The molecule has 7 heteroatoms. The van der Waals surface area contributed by atoms with Crippen LogP contribution >= 0.6 is 0 Å². The third-order valence-electron chi connectivity index (χ3n) is 4.56. The van der Waals surface area contributed by atoms with Gasteiger partial charge in [0.2, 0.25) is 0 Å². The van der Waals surface area contributed by atoms with E-state index in [-0.39, 0.29) is 11.8 Å². The molecule has 3 rings (SSSR count). The van der Waals surface area contributed by atoms with Gasteiger partial charge in [0, 0.05) is 49.6 Å². The van der Waals surface area contributed by atoms with Crippen molar-refractivity contribution in [2.75, 3.05) is 26.2 Å². The molecule has 0 bridgehead atoms. The molecular formula is C19H24N4O3. The van der Waals surface area contributed by atoms with Crippen molar-refractivity contribution >= 4 is 11.8 Å². The molecule has 2 amide bonds. The molecule has 0 aromatic carbocycles. The van der Waals surface area contributed by atoms with Gasteiger partial charge in [-0.25, -0.2) is 4.98 Å². The molecule has 0 spiro atoms. The van der Waals surface area contributed by atoms with Crippen molar-refractivity contribution in [1.29, 1.82) is 0 Å². The topological polar surface area (TPSA) is 79.5 Å². The van der Waals surface area contributed by atoms with Gasteiger partial charge in [-0.15, -0.1) is 0 Å². The second-order valence-electron chi connectivity index (χ2n) is 6.55. The Hall–Kier alpha value is -2.70. The first-order valence-electron chi connectivity index (χ1n) is 8.95. The summed E-state index contributed by atoms with van der Waals surface area (Å²) in [4.78, 5) is 37.5. The highest BCUT2D eigenvalue weighted by atomic mass is 16.3. The van der Waals surface area contributed by atoms with Crippen LogP contribution in [0.2, 0.25) is 0 Å². The van der Waals surface area contributed by atoms with Gasteiger partial charge in [-0.3, -0.25) is 14.6 Å². The van der Waals surface area contributed by atoms with Crippen molar-refractivity contribution in [1.82, 2.24) is 19.8 Å². The molecule has 1 aliphatic rings. The molecule has 2 aromatic heterocycles. The summed E-state index contributed by atoms with van der Waals surface area (Å²) in [5.74, 6) is 0.471. The van der Waals surface area contributed by atoms with Crippen LogP contribution in [0, 0.1) is 13.8 Å². The van der Waals surface area contributed by atoms with E-state index < -0.39 is 0 Å². The molecule has 0 N–H and O–H groups in total. The number of amides is 2. The van der Waals surface area contributed by atoms with E-state index in [2.05, 4.69) is 9.97 Å². The predicted molar refractivity (Wildman–Crippen MR) is 96.0 cm³/mol. The van der Waals surface area contributed by atoms with E-state index in [4.69, 9.17) is 4.42 Å². The van der Waals surface area contributed by atoms with Gasteiger partial charge in [0.25, 0.3) is 11.8 Å². The van der Waals surface area contributed by atoms with Gasteiger partial charge in [0.15, 0.2) is 12.1 Å². The second-order valence-corrected chi connectivity index (χ2v) is 6.55. The van der Waals surface area contributed by atoms with Crippen LogP contribution in [0.1, 0.15) is 51.3 Å². The zero-order valence-corrected chi connectivity index (χ0v) is 15.5. The average Bonchev–Trinajstić information content (AvgIpc) is 2.96. The summed E-state index contributed by atoms with van der Waals surface area (Å²) in [6.45, 7) is 7.92. The van der Waals surface area contributed by atoms with Crippen LogP contribution in [0.5, 0.6) is 0 Å². The van der Waals surface area contributed by atoms with Crippen molar-refractivity contribution in [3.05, 3.63) is 46.9 Å². The van der Waals surface area contributed by atoms with E-state index in [1.165, 1.54) is 6.39 Å². The maximum Gasteiger partial charge on any atom is 0.276 e. The van der Waals surface area contributed by atoms with Crippen LogP contribution in [0.4, 0.5) is 0 Å². The lowest BCUT2D eigenvalue weighted by atomic mass is 10.1. The van der Waals surface area contributed by atoms with Gasteiger partial charge in [0.05, 0.1) is 0 Å². The number of nitrogens with zero attached hydrogens (tertiary/aromatic N) is 4. The quantitative estimate of drug-likeness (QED) is 0.843. The number of rotatable bonds is 3. The van der Waals surface area contributed by atoms with Crippen molar-refractivity contribution in [3.63, 3.8) is 0 Å². The molecule has 1 saturated heterocycles. The number of aromatic nitrogens is 2. The van der Waals surface area contributed by atoms with Crippen LogP contribution in [-0.2, 0) is 6.42 Å².